The lowest BCUT2D eigenvalue weighted by molar-refractivity contribution is 0.0411. The first-order valence-corrected chi connectivity index (χ1v) is 5.42. The molecule has 82 valence electrons. The monoisotopic (exact) mass is 197 g/mol. The van der Waals surface area contributed by atoms with E-state index < -0.39 is 0 Å². The summed E-state index contributed by atoms with van der Waals surface area (Å²) < 4.78 is 0. The predicted octanol–water partition coefficient (Wildman–Crippen LogP) is 1.92. The average Bonchev–Trinajstić information content (AvgIpc) is 2.18. The fraction of sp³-hybridized carbons (Fsp3) is 0.750. The van der Waals surface area contributed by atoms with Gasteiger partial charge in [0.05, 0.1) is 12.2 Å². The maximum Gasteiger partial charge on any atom is 0.0779 e. The fourth-order valence-electron chi connectivity index (χ4n) is 1.95. The summed E-state index contributed by atoms with van der Waals surface area (Å²) in [7, 11) is 0. The van der Waals surface area contributed by atoms with E-state index in [1.54, 1.807) is 0 Å². The van der Waals surface area contributed by atoms with Gasteiger partial charge in [-0.15, -0.1) is 0 Å². The molecule has 0 amide bonds. The van der Waals surface area contributed by atoms with Gasteiger partial charge >= 0.3 is 0 Å². The Hall–Kier alpha value is -0.340. The molecule has 0 saturated carbocycles. The number of hydrogen-bond acceptors (Lipinski definition) is 2. The standard InChI is InChI=1S/C12H21O2/c1-4-5-6-10-7-11(13)8(2)9(3)12(10)14/h4,7-9,11-14H,5-6H2,1-3H3/q-1. The lowest BCUT2D eigenvalue weighted by Gasteiger charge is -2.35. The normalized spacial score (nSPS) is 38.2. The highest BCUT2D eigenvalue weighted by Gasteiger charge is 2.31. The molecule has 0 bridgehead atoms. The molecule has 1 rings (SSSR count). The molecule has 1 aliphatic rings. The molecule has 4 atom stereocenters. The predicted molar refractivity (Wildman–Crippen MR) is 57.6 cm³/mol. The molecule has 2 nitrogen and oxygen atoms in total. The summed E-state index contributed by atoms with van der Waals surface area (Å²) in [6, 6.07) is 0. The summed E-state index contributed by atoms with van der Waals surface area (Å²) in [5.41, 5.74) is 1.00. The van der Waals surface area contributed by atoms with E-state index in [0.717, 1.165) is 18.4 Å². The van der Waals surface area contributed by atoms with Crippen LogP contribution in [-0.2, 0) is 0 Å². The molecule has 0 heterocycles. The van der Waals surface area contributed by atoms with Crippen molar-refractivity contribution in [2.45, 2.75) is 45.8 Å². The van der Waals surface area contributed by atoms with Gasteiger partial charge in [0.2, 0.25) is 0 Å². The number of aliphatic hydroxyl groups is 2. The van der Waals surface area contributed by atoms with Crippen molar-refractivity contribution in [1.82, 2.24) is 0 Å². The molecule has 0 spiro atoms. The Morgan fingerprint density at radius 3 is 2.50 bits per heavy atom. The first-order chi connectivity index (χ1) is 6.57. The van der Waals surface area contributed by atoms with Crippen molar-refractivity contribution < 1.29 is 10.2 Å². The molecule has 2 heteroatoms. The van der Waals surface area contributed by atoms with Crippen LogP contribution in [-0.4, -0.2) is 22.4 Å². The van der Waals surface area contributed by atoms with Crippen LogP contribution in [0.3, 0.4) is 0 Å². The SMILES string of the molecule is C[CH-]CCC1=CC(O)C(C)C(C)C1O. The smallest absolute Gasteiger partial charge is 0.0779 e. The van der Waals surface area contributed by atoms with Crippen molar-refractivity contribution in [2.75, 3.05) is 0 Å². The van der Waals surface area contributed by atoms with Crippen molar-refractivity contribution in [3.8, 4) is 0 Å². The maximum absolute atomic E-state index is 9.96. The number of rotatable bonds is 3. The third-order valence-corrected chi connectivity index (χ3v) is 3.35. The van der Waals surface area contributed by atoms with Gasteiger partial charge in [-0.25, -0.2) is 0 Å². The van der Waals surface area contributed by atoms with Gasteiger partial charge in [0.15, 0.2) is 0 Å². The minimum absolute atomic E-state index is 0.152. The Morgan fingerprint density at radius 2 is 1.93 bits per heavy atom. The molecule has 2 N–H and O–H groups in total. The molecular weight excluding hydrogens is 176 g/mol. The first kappa shape index (κ1) is 11.7. The van der Waals surface area contributed by atoms with Gasteiger partial charge in [-0.05, 0) is 17.4 Å². The Morgan fingerprint density at radius 1 is 1.29 bits per heavy atom. The molecule has 0 radical (unpaired) electrons. The Kier molecular flexibility index (Phi) is 4.14. The van der Waals surface area contributed by atoms with Crippen LogP contribution in [0.2, 0.25) is 0 Å². The van der Waals surface area contributed by atoms with E-state index in [4.69, 9.17) is 0 Å². The van der Waals surface area contributed by atoms with Gasteiger partial charge < -0.3 is 16.6 Å². The molecule has 1 aliphatic carbocycles. The minimum atomic E-state index is -0.389. The number of aliphatic hydroxyl groups excluding tert-OH is 2. The van der Waals surface area contributed by atoms with Gasteiger partial charge in [0.25, 0.3) is 0 Å². The second-order valence-electron chi connectivity index (χ2n) is 4.34. The van der Waals surface area contributed by atoms with E-state index in [-0.39, 0.29) is 24.0 Å². The third-order valence-electron chi connectivity index (χ3n) is 3.35. The van der Waals surface area contributed by atoms with E-state index in [1.807, 2.05) is 26.8 Å². The quantitative estimate of drug-likeness (QED) is 0.536. The van der Waals surface area contributed by atoms with Crippen LogP contribution in [0.25, 0.3) is 0 Å². The van der Waals surface area contributed by atoms with Gasteiger partial charge in [-0.1, -0.05) is 26.3 Å². The van der Waals surface area contributed by atoms with Crippen LogP contribution in [0.1, 0.15) is 33.6 Å². The van der Waals surface area contributed by atoms with Crippen molar-refractivity contribution in [3.05, 3.63) is 18.1 Å². The van der Waals surface area contributed by atoms with Crippen molar-refractivity contribution in [3.63, 3.8) is 0 Å². The van der Waals surface area contributed by atoms with Gasteiger partial charge in [0, 0.05) is 0 Å². The molecular formula is C12H21O2-. The second-order valence-corrected chi connectivity index (χ2v) is 4.34. The molecule has 14 heavy (non-hydrogen) atoms. The topological polar surface area (TPSA) is 40.5 Å². The Labute approximate surface area is 86.6 Å². The van der Waals surface area contributed by atoms with Crippen LogP contribution in [0, 0.1) is 18.3 Å². The third kappa shape index (κ3) is 2.37. The van der Waals surface area contributed by atoms with E-state index >= 15 is 0 Å². The summed E-state index contributed by atoms with van der Waals surface area (Å²) in [5.74, 6) is 0.307. The van der Waals surface area contributed by atoms with Crippen molar-refractivity contribution in [2.24, 2.45) is 11.8 Å². The Balaban J connectivity index is 2.68. The number of hydrogen-bond donors (Lipinski definition) is 2. The highest BCUT2D eigenvalue weighted by molar-refractivity contribution is 5.17. The zero-order valence-electron chi connectivity index (χ0n) is 9.27. The largest absolute Gasteiger partial charge is 0.389 e. The van der Waals surface area contributed by atoms with Crippen LogP contribution in [0.15, 0.2) is 11.6 Å². The minimum Gasteiger partial charge on any atom is -0.389 e. The van der Waals surface area contributed by atoms with Crippen molar-refractivity contribution >= 4 is 0 Å². The second kappa shape index (κ2) is 4.94. The maximum atomic E-state index is 9.96. The van der Waals surface area contributed by atoms with Crippen LogP contribution >= 0.6 is 0 Å². The summed E-state index contributed by atoms with van der Waals surface area (Å²) in [4.78, 5) is 0. The molecule has 0 aromatic rings. The Bertz CT molecular complexity index is 210. The molecule has 0 fully saturated rings. The van der Waals surface area contributed by atoms with Crippen LogP contribution < -0.4 is 0 Å². The van der Waals surface area contributed by atoms with Crippen LogP contribution in [0.5, 0.6) is 0 Å². The summed E-state index contributed by atoms with van der Waals surface area (Å²) in [6.07, 6.45) is 5.00. The summed E-state index contributed by atoms with van der Waals surface area (Å²) in [5, 5.41) is 19.7. The fourth-order valence-corrected chi connectivity index (χ4v) is 1.95. The lowest BCUT2D eigenvalue weighted by atomic mass is 9.77. The highest BCUT2D eigenvalue weighted by Crippen LogP contribution is 2.31. The zero-order chi connectivity index (χ0) is 10.7. The molecule has 0 aliphatic heterocycles. The van der Waals surface area contributed by atoms with E-state index in [1.165, 1.54) is 0 Å². The van der Waals surface area contributed by atoms with Gasteiger partial charge in [-0.2, -0.15) is 13.3 Å². The highest BCUT2D eigenvalue weighted by atomic mass is 16.3. The average molecular weight is 197 g/mol. The summed E-state index contributed by atoms with van der Waals surface area (Å²) >= 11 is 0. The van der Waals surface area contributed by atoms with Gasteiger partial charge in [-0.3, -0.25) is 0 Å². The molecule has 4 unspecified atom stereocenters. The van der Waals surface area contributed by atoms with E-state index in [0.29, 0.717) is 0 Å². The van der Waals surface area contributed by atoms with E-state index in [2.05, 4.69) is 6.42 Å². The summed E-state index contributed by atoms with van der Waals surface area (Å²) in [6.45, 7) is 6.00. The van der Waals surface area contributed by atoms with Crippen LogP contribution in [0.4, 0.5) is 0 Å². The molecule has 0 aromatic heterocycles. The molecule has 0 aromatic carbocycles. The zero-order valence-corrected chi connectivity index (χ0v) is 9.27. The van der Waals surface area contributed by atoms with Crippen molar-refractivity contribution in [1.29, 1.82) is 0 Å². The first-order valence-electron chi connectivity index (χ1n) is 5.42. The molecule has 0 saturated heterocycles. The van der Waals surface area contributed by atoms with Gasteiger partial charge in [0.1, 0.15) is 0 Å². The lowest BCUT2D eigenvalue weighted by Crippen LogP contribution is -2.37. The number of unbranched alkanes of at least 4 members (excludes halogenated alkanes) is 1. The van der Waals surface area contributed by atoms with E-state index in [9.17, 15) is 10.2 Å².